The molecule has 110 valence electrons. The maximum absolute atomic E-state index is 12.0. The minimum Gasteiger partial charge on any atom is -0.495 e. The molecule has 0 saturated heterocycles. The highest BCUT2D eigenvalue weighted by Crippen LogP contribution is 2.22. The predicted octanol–water partition coefficient (Wildman–Crippen LogP) is 3.36. The molecule has 4 heteroatoms. The van der Waals surface area contributed by atoms with Gasteiger partial charge in [0.25, 0.3) is 0 Å². The summed E-state index contributed by atoms with van der Waals surface area (Å²) in [6.45, 7) is 4.20. The third kappa shape index (κ3) is 3.99. The molecule has 2 rings (SSSR count). The number of ether oxygens (including phenoxy) is 1. The van der Waals surface area contributed by atoms with Gasteiger partial charge in [0.2, 0.25) is 5.91 Å². The van der Waals surface area contributed by atoms with E-state index in [2.05, 4.69) is 10.6 Å². The van der Waals surface area contributed by atoms with E-state index in [1.807, 2.05) is 56.3 Å². The second kappa shape index (κ2) is 6.79. The maximum atomic E-state index is 12.0. The summed E-state index contributed by atoms with van der Waals surface area (Å²) in [6, 6.07) is 13.5. The van der Waals surface area contributed by atoms with Crippen LogP contribution in [-0.2, 0) is 4.79 Å². The zero-order chi connectivity index (χ0) is 15.2. The van der Waals surface area contributed by atoms with Crippen LogP contribution in [-0.4, -0.2) is 19.6 Å². The maximum Gasteiger partial charge on any atom is 0.243 e. The fourth-order valence-corrected chi connectivity index (χ4v) is 2.11. The summed E-state index contributed by atoms with van der Waals surface area (Å²) < 4.78 is 5.23. The van der Waals surface area contributed by atoms with Crippen molar-refractivity contribution in [1.29, 1.82) is 0 Å². The Bertz CT molecular complexity index is 638. The minimum atomic E-state index is -0.0899. The summed E-state index contributed by atoms with van der Waals surface area (Å²) in [5.41, 5.74) is 3.88. The van der Waals surface area contributed by atoms with Crippen LogP contribution in [0.5, 0.6) is 5.75 Å². The molecule has 4 nitrogen and oxygen atoms in total. The summed E-state index contributed by atoms with van der Waals surface area (Å²) >= 11 is 0. The van der Waals surface area contributed by atoms with Gasteiger partial charge in [-0.25, -0.2) is 0 Å². The fourth-order valence-electron chi connectivity index (χ4n) is 2.11. The van der Waals surface area contributed by atoms with Crippen molar-refractivity contribution in [3.05, 3.63) is 53.6 Å². The molecule has 0 aromatic heterocycles. The van der Waals surface area contributed by atoms with Gasteiger partial charge in [-0.05, 0) is 37.6 Å². The molecular weight excluding hydrogens is 264 g/mol. The number of hydrogen-bond acceptors (Lipinski definition) is 3. The van der Waals surface area contributed by atoms with Crippen LogP contribution in [0.3, 0.4) is 0 Å². The van der Waals surface area contributed by atoms with Crippen LogP contribution >= 0.6 is 0 Å². The van der Waals surface area contributed by atoms with E-state index in [4.69, 9.17) is 4.74 Å². The molecule has 0 bridgehead atoms. The number of hydrogen-bond donors (Lipinski definition) is 2. The molecule has 2 N–H and O–H groups in total. The number of benzene rings is 2. The molecule has 0 saturated carbocycles. The van der Waals surface area contributed by atoms with E-state index >= 15 is 0 Å². The lowest BCUT2D eigenvalue weighted by Crippen LogP contribution is -2.22. The van der Waals surface area contributed by atoms with Crippen molar-refractivity contribution in [3.8, 4) is 5.75 Å². The van der Waals surface area contributed by atoms with Crippen LogP contribution in [0.2, 0.25) is 0 Å². The third-order valence-corrected chi connectivity index (χ3v) is 3.20. The second-order valence-electron chi connectivity index (χ2n) is 4.92. The van der Waals surface area contributed by atoms with Crippen molar-refractivity contribution < 1.29 is 9.53 Å². The average molecular weight is 284 g/mol. The van der Waals surface area contributed by atoms with Crippen molar-refractivity contribution in [2.45, 2.75) is 13.8 Å². The Labute approximate surface area is 125 Å². The van der Waals surface area contributed by atoms with E-state index in [-0.39, 0.29) is 12.5 Å². The van der Waals surface area contributed by atoms with Gasteiger partial charge in [-0.1, -0.05) is 29.8 Å². The Morgan fingerprint density at radius 1 is 1.10 bits per heavy atom. The molecule has 2 aromatic carbocycles. The van der Waals surface area contributed by atoms with Gasteiger partial charge in [-0.15, -0.1) is 0 Å². The molecule has 21 heavy (non-hydrogen) atoms. The summed E-state index contributed by atoms with van der Waals surface area (Å²) in [5.74, 6) is 0.629. The summed E-state index contributed by atoms with van der Waals surface area (Å²) in [7, 11) is 1.61. The van der Waals surface area contributed by atoms with Crippen molar-refractivity contribution in [2.24, 2.45) is 0 Å². The Hall–Kier alpha value is -2.49. The van der Waals surface area contributed by atoms with Gasteiger partial charge in [0.05, 0.1) is 19.3 Å². The SMILES string of the molecule is COc1ccccc1NCC(=O)Nc1ccc(C)cc1C. The van der Waals surface area contributed by atoms with Gasteiger partial charge in [-0.2, -0.15) is 0 Å². The second-order valence-corrected chi connectivity index (χ2v) is 4.92. The smallest absolute Gasteiger partial charge is 0.243 e. The lowest BCUT2D eigenvalue weighted by molar-refractivity contribution is -0.114. The standard InChI is InChI=1S/C17H20N2O2/c1-12-8-9-14(13(2)10-12)19-17(20)11-18-15-6-4-5-7-16(15)21-3/h4-10,18H,11H2,1-3H3,(H,19,20). The fraction of sp³-hybridized carbons (Fsp3) is 0.235. The number of rotatable bonds is 5. The van der Waals surface area contributed by atoms with Gasteiger partial charge in [-0.3, -0.25) is 4.79 Å². The van der Waals surface area contributed by atoms with E-state index in [1.165, 1.54) is 5.56 Å². The van der Waals surface area contributed by atoms with Crippen LogP contribution in [0.4, 0.5) is 11.4 Å². The molecule has 0 radical (unpaired) electrons. The zero-order valence-corrected chi connectivity index (χ0v) is 12.6. The number of carbonyl (C=O) groups excluding carboxylic acids is 1. The van der Waals surface area contributed by atoms with Crippen LogP contribution in [0, 0.1) is 13.8 Å². The first-order chi connectivity index (χ1) is 10.1. The number of methoxy groups -OCH3 is 1. The highest BCUT2D eigenvalue weighted by Gasteiger charge is 2.06. The Morgan fingerprint density at radius 3 is 2.57 bits per heavy atom. The molecular formula is C17H20N2O2. The van der Waals surface area contributed by atoms with Crippen LogP contribution in [0.15, 0.2) is 42.5 Å². The first-order valence-corrected chi connectivity index (χ1v) is 6.84. The predicted molar refractivity (Wildman–Crippen MR) is 86.0 cm³/mol. The Balaban J connectivity index is 1.96. The quantitative estimate of drug-likeness (QED) is 0.885. The first-order valence-electron chi connectivity index (χ1n) is 6.84. The highest BCUT2D eigenvalue weighted by molar-refractivity contribution is 5.94. The normalized spacial score (nSPS) is 10.0. The van der Waals surface area contributed by atoms with Gasteiger partial charge < -0.3 is 15.4 Å². The number of para-hydroxylation sites is 2. The Morgan fingerprint density at radius 2 is 1.86 bits per heavy atom. The van der Waals surface area contributed by atoms with E-state index in [1.54, 1.807) is 7.11 Å². The lowest BCUT2D eigenvalue weighted by Gasteiger charge is -2.12. The third-order valence-electron chi connectivity index (χ3n) is 3.20. The number of nitrogens with one attached hydrogen (secondary N) is 2. The Kier molecular flexibility index (Phi) is 4.82. The van der Waals surface area contributed by atoms with Crippen molar-refractivity contribution >= 4 is 17.3 Å². The summed E-state index contributed by atoms with van der Waals surface area (Å²) in [6.07, 6.45) is 0. The summed E-state index contributed by atoms with van der Waals surface area (Å²) in [4.78, 5) is 12.0. The molecule has 0 heterocycles. The molecule has 2 aromatic rings. The van der Waals surface area contributed by atoms with E-state index < -0.39 is 0 Å². The number of carbonyl (C=O) groups is 1. The molecule has 0 aliphatic rings. The summed E-state index contributed by atoms with van der Waals surface area (Å²) in [5, 5.41) is 5.98. The number of aryl methyl sites for hydroxylation is 2. The minimum absolute atomic E-state index is 0.0899. The first kappa shape index (κ1) is 14.9. The molecule has 0 unspecified atom stereocenters. The number of anilines is 2. The van der Waals surface area contributed by atoms with Crippen molar-refractivity contribution in [3.63, 3.8) is 0 Å². The van der Waals surface area contributed by atoms with Crippen molar-refractivity contribution in [2.75, 3.05) is 24.3 Å². The van der Waals surface area contributed by atoms with Gasteiger partial charge >= 0.3 is 0 Å². The van der Waals surface area contributed by atoms with Crippen LogP contribution in [0.25, 0.3) is 0 Å². The molecule has 0 atom stereocenters. The van der Waals surface area contributed by atoms with Crippen molar-refractivity contribution in [1.82, 2.24) is 0 Å². The average Bonchev–Trinajstić information content (AvgIpc) is 2.48. The van der Waals surface area contributed by atoms with Gasteiger partial charge in [0, 0.05) is 5.69 Å². The van der Waals surface area contributed by atoms with Gasteiger partial charge in [0.15, 0.2) is 0 Å². The molecule has 0 aliphatic heterocycles. The van der Waals surface area contributed by atoms with E-state index in [0.717, 1.165) is 22.7 Å². The molecule has 1 amide bonds. The molecule has 0 spiro atoms. The van der Waals surface area contributed by atoms with Crippen LogP contribution < -0.4 is 15.4 Å². The molecule has 0 fully saturated rings. The highest BCUT2D eigenvalue weighted by atomic mass is 16.5. The zero-order valence-electron chi connectivity index (χ0n) is 12.6. The monoisotopic (exact) mass is 284 g/mol. The van der Waals surface area contributed by atoms with Gasteiger partial charge in [0.1, 0.15) is 5.75 Å². The van der Waals surface area contributed by atoms with Crippen LogP contribution in [0.1, 0.15) is 11.1 Å². The topological polar surface area (TPSA) is 50.4 Å². The number of amides is 1. The van der Waals surface area contributed by atoms with E-state index in [9.17, 15) is 4.79 Å². The molecule has 0 aliphatic carbocycles. The largest absolute Gasteiger partial charge is 0.495 e. The lowest BCUT2D eigenvalue weighted by atomic mass is 10.1. The van der Waals surface area contributed by atoms with E-state index in [0.29, 0.717) is 0 Å².